The van der Waals surface area contributed by atoms with Crippen molar-refractivity contribution in [3.63, 3.8) is 0 Å². The van der Waals surface area contributed by atoms with Gasteiger partial charge in [0.1, 0.15) is 0 Å². The van der Waals surface area contributed by atoms with E-state index < -0.39 is 5.85 Å². The molecular weight excluding hydrogens is 237 g/mol. The van der Waals surface area contributed by atoms with Crippen LogP contribution in [0.3, 0.4) is 0 Å². The average Bonchev–Trinajstić information content (AvgIpc) is 2.46. The normalized spacial score (nSPS) is 24.3. The lowest BCUT2D eigenvalue weighted by molar-refractivity contribution is 0.00807. The summed E-state index contributed by atoms with van der Waals surface area (Å²) in [6.45, 7) is 0. The first-order valence-electron chi connectivity index (χ1n) is 4.17. The highest BCUT2D eigenvalue weighted by atomic mass is 35.5. The number of benzene rings is 1. The number of hydrogen-bond acceptors (Lipinski definition) is 4. The second-order valence-corrected chi connectivity index (χ2v) is 4.06. The van der Waals surface area contributed by atoms with Gasteiger partial charge in [-0.25, -0.2) is 0 Å². The zero-order valence-electron chi connectivity index (χ0n) is 7.63. The van der Waals surface area contributed by atoms with E-state index in [-0.39, 0.29) is 5.88 Å². The number of nitrogens with two attached hydrogens (primary N) is 2. The number of halogens is 2. The predicted octanol–water partition coefficient (Wildman–Crippen LogP) is 1.44. The Morgan fingerprint density at radius 1 is 1.20 bits per heavy atom. The number of ether oxygens (including phenoxy) is 1. The molecule has 80 valence electrons. The lowest BCUT2D eigenvalue weighted by Gasteiger charge is -2.25. The van der Waals surface area contributed by atoms with Crippen molar-refractivity contribution in [3.05, 3.63) is 45.9 Å². The van der Waals surface area contributed by atoms with E-state index >= 15 is 0 Å². The number of nitrogens with one attached hydrogen (secondary N) is 1. The summed E-state index contributed by atoms with van der Waals surface area (Å²) in [5, 5.41) is 3.77. The van der Waals surface area contributed by atoms with Gasteiger partial charge in [0, 0.05) is 15.6 Å². The molecule has 0 aromatic heterocycles. The molecule has 1 aliphatic heterocycles. The molecule has 0 fully saturated rings. The van der Waals surface area contributed by atoms with Gasteiger partial charge in [0.05, 0.1) is 6.20 Å². The molecule has 2 rings (SSSR count). The van der Waals surface area contributed by atoms with Crippen LogP contribution in [-0.4, -0.2) is 0 Å². The summed E-state index contributed by atoms with van der Waals surface area (Å²) in [5.41, 5.74) is 12.0. The van der Waals surface area contributed by atoms with Gasteiger partial charge < -0.3 is 15.8 Å². The molecule has 1 unspecified atom stereocenters. The summed E-state index contributed by atoms with van der Waals surface area (Å²) < 4.78 is 5.23. The molecule has 4 nitrogen and oxygen atoms in total. The Bertz CT molecular complexity index is 415. The molecule has 0 saturated heterocycles. The Labute approximate surface area is 96.8 Å². The van der Waals surface area contributed by atoms with Crippen molar-refractivity contribution in [2.45, 2.75) is 5.85 Å². The number of hydrogen-bond donors (Lipinski definition) is 3. The highest BCUT2D eigenvalue weighted by molar-refractivity contribution is 6.34. The van der Waals surface area contributed by atoms with E-state index in [1.807, 2.05) is 0 Å². The standard InChI is InChI=1S/C9H9Cl2N3O/c10-6-1-5(2-7(11)3-6)9(13)14-4-8(12)15-9/h1-4,14H,12-13H2. The molecule has 0 saturated carbocycles. The summed E-state index contributed by atoms with van der Waals surface area (Å²) in [6, 6.07) is 4.93. The van der Waals surface area contributed by atoms with Gasteiger partial charge in [-0.05, 0) is 18.2 Å². The summed E-state index contributed by atoms with van der Waals surface area (Å²) in [5.74, 6) is -0.980. The first kappa shape index (κ1) is 10.4. The Kier molecular flexibility index (Phi) is 2.42. The second-order valence-electron chi connectivity index (χ2n) is 3.19. The SMILES string of the molecule is NC1=CNC(N)(c2cc(Cl)cc(Cl)c2)O1. The van der Waals surface area contributed by atoms with E-state index in [0.29, 0.717) is 15.6 Å². The van der Waals surface area contributed by atoms with Crippen molar-refractivity contribution in [2.24, 2.45) is 11.5 Å². The average molecular weight is 246 g/mol. The third kappa shape index (κ3) is 1.97. The third-order valence-electron chi connectivity index (χ3n) is 2.00. The van der Waals surface area contributed by atoms with Gasteiger partial charge in [-0.2, -0.15) is 0 Å². The molecule has 0 radical (unpaired) electrons. The van der Waals surface area contributed by atoms with Crippen molar-refractivity contribution in [2.75, 3.05) is 0 Å². The molecule has 1 atom stereocenters. The van der Waals surface area contributed by atoms with Crippen molar-refractivity contribution in [3.8, 4) is 0 Å². The zero-order chi connectivity index (χ0) is 11.1. The quantitative estimate of drug-likeness (QED) is 0.701. The van der Waals surface area contributed by atoms with Crippen LogP contribution in [0.1, 0.15) is 5.56 Å². The van der Waals surface area contributed by atoms with Gasteiger partial charge in [0.2, 0.25) is 5.88 Å². The van der Waals surface area contributed by atoms with Crippen LogP contribution in [0.25, 0.3) is 0 Å². The summed E-state index contributed by atoms with van der Waals surface area (Å²) >= 11 is 11.7. The topological polar surface area (TPSA) is 73.3 Å². The molecule has 6 heteroatoms. The van der Waals surface area contributed by atoms with E-state index in [1.54, 1.807) is 18.2 Å². The lowest BCUT2D eigenvalue weighted by atomic mass is 10.1. The predicted molar refractivity (Wildman–Crippen MR) is 58.8 cm³/mol. The van der Waals surface area contributed by atoms with Gasteiger partial charge in [-0.15, -0.1) is 0 Å². The fourth-order valence-electron chi connectivity index (χ4n) is 1.33. The van der Waals surface area contributed by atoms with Crippen LogP contribution in [0.5, 0.6) is 0 Å². The molecule has 0 spiro atoms. The fourth-order valence-corrected chi connectivity index (χ4v) is 1.86. The van der Waals surface area contributed by atoms with E-state index in [1.165, 1.54) is 6.20 Å². The maximum atomic E-state index is 5.93. The molecule has 5 N–H and O–H groups in total. The van der Waals surface area contributed by atoms with Crippen LogP contribution < -0.4 is 16.8 Å². The summed E-state index contributed by atoms with van der Waals surface area (Å²) in [4.78, 5) is 0. The van der Waals surface area contributed by atoms with E-state index in [2.05, 4.69) is 5.32 Å². The van der Waals surface area contributed by atoms with E-state index in [4.69, 9.17) is 39.4 Å². The molecule has 1 aromatic carbocycles. The molecule has 1 heterocycles. The van der Waals surface area contributed by atoms with E-state index in [0.717, 1.165) is 0 Å². The van der Waals surface area contributed by atoms with Crippen molar-refractivity contribution in [1.82, 2.24) is 5.32 Å². The van der Waals surface area contributed by atoms with Crippen LogP contribution >= 0.6 is 23.2 Å². The van der Waals surface area contributed by atoms with Crippen LogP contribution in [0.4, 0.5) is 0 Å². The molecule has 15 heavy (non-hydrogen) atoms. The molecule has 0 amide bonds. The van der Waals surface area contributed by atoms with Crippen LogP contribution in [0.2, 0.25) is 10.0 Å². The van der Waals surface area contributed by atoms with Gasteiger partial charge in [0.25, 0.3) is 5.85 Å². The van der Waals surface area contributed by atoms with Crippen LogP contribution in [0.15, 0.2) is 30.3 Å². The van der Waals surface area contributed by atoms with Crippen LogP contribution in [-0.2, 0) is 10.6 Å². The lowest BCUT2D eigenvalue weighted by Crippen LogP contribution is -2.46. The Morgan fingerprint density at radius 3 is 2.27 bits per heavy atom. The Morgan fingerprint density at radius 2 is 1.80 bits per heavy atom. The Balaban J connectivity index is 2.38. The molecule has 0 bridgehead atoms. The first-order chi connectivity index (χ1) is 6.99. The summed E-state index contributed by atoms with van der Waals surface area (Å²) in [6.07, 6.45) is 1.48. The molecule has 1 aliphatic rings. The summed E-state index contributed by atoms with van der Waals surface area (Å²) in [7, 11) is 0. The smallest absolute Gasteiger partial charge is 0.264 e. The second kappa shape index (κ2) is 3.48. The van der Waals surface area contributed by atoms with Crippen molar-refractivity contribution < 1.29 is 4.74 Å². The van der Waals surface area contributed by atoms with Gasteiger partial charge >= 0.3 is 0 Å². The molecular formula is C9H9Cl2N3O. The molecule has 1 aromatic rings. The number of rotatable bonds is 1. The van der Waals surface area contributed by atoms with Crippen LogP contribution in [0, 0.1) is 0 Å². The monoisotopic (exact) mass is 245 g/mol. The van der Waals surface area contributed by atoms with Gasteiger partial charge in [0.15, 0.2) is 0 Å². The largest absolute Gasteiger partial charge is 0.434 e. The highest BCUT2D eigenvalue weighted by Crippen LogP contribution is 2.28. The van der Waals surface area contributed by atoms with E-state index in [9.17, 15) is 0 Å². The van der Waals surface area contributed by atoms with Gasteiger partial charge in [-0.3, -0.25) is 5.73 Å². The minimum absolute atomic E-state index is 0.216. The first-order valence-corrected chi connectivity index (χ1v) is 4.93. The Hall–Kier alpha value is -1.10. The minimum atomic E-state index is -1.20. The maximum absolute atomic E-state index is 5.93. The minimum Gasteiger partial charge on any atom is -0.434 e. The maximum Gasteiger partial charge on any atom is 0.264 e. The molecule has 0 aliphatic carbocycles. The zero-order valence-corrected chi connectivity index (χ0v) is 9.14. The van der Waals surface area contributed by atoms with Gasteiger partial charge in [-0.1, -0.05) is 23.2 Å². The van der Waals surface area contributed by atoms with Crippen molar-refractivity contribution in [1.29, 1.82) is 0 Å². The van der Waals surface area contributed by atoms with Crippen molar-refractivity contribution >= 4 is 23.2 Å². The fraction of sp³-hybridized carbons (Fsp3) is 0.111. The highest BCUT2D eigenvalue weighted by Gasteiger charge is 2.33. The third-order valence-corrected chi connectivity index (χ3v) is 2.44.